The smallest absolute Gasteiger partial charge is 0.260 e. The first-order chi connectivity index (χ1) is 11.2. The van der Waals surface area contributed by atoms with Crippen LogP contribution >= 0.6 is 15.9 Å². The zero-order valence-corrected chi connectivity index (χ0v) is 14.3. The molecule has 0 saturated heterocycles. The van der Waals surface area contributed by atoms with Gasteiger partial charge in [-0.3, -0.25) is 4.79 Å². The maximum Gasteiger partial charge on any atom is 0.260 e. The largest absolute Gasteiger partial charge is 0.493 e. The Bertz CT molecular complexity index is 861. The summed E-state index contributed by atoms with van der Waals surface area (Å²) in [7, 11) is 0. The van der Waals surface area contributed by atoms with Gasteiger partial charge < -0.3 is 10.1 Å². The molecule has 116 valence electrons. The van der Waals surface area contributed by atoms with Gasteiger partial charge in [0.25, 0.3) is 5.91 Å². The predicted octanol–water partition coefficient (Wildman–Crippen LogP) is 5.25. The standard InChI is InChI=1S/C19H16BrNO2/c1-2-23-17-11-10-13-6-3-4-9-16(13)18(17)19(22)21-15-8-5-7-14(20)12-15/h3-12H,2H2,1H3,(H,21,22). The van der Waals surface area contributed by atoms with Crippen LogP contribution in [0.15, 0.2) is 65.1 Å². The second-order valence-corrected chi connectivity index (χ2v) is 5.97. The lowest BCUT2D eigenvalue weighted by Gasteiger charge is -2.13. The Morgan fingerprint density at radius 3 is 2.70 bits per heavy atom. The Morgan fingerprint density at radius 2 is 1.91 bits per heavy atom. The number of anilines is 1. The fourth-order valence-corrected chi connectivity index (χ4v) is 2.92. The minimum absolute atomic E-state index is 0.177. The van der Waals surface area contributed by atoms with E-state index in [-0.39, 0.29) is 5.91 Å². The number of halogens is 1. The highest BCUT2D eigenvalue weighted by atomic mass is 79.9. The number of rotatable bonds is 4. The summed E-state index contributed by atoms with van der Waals surface area (Å²) >= 11 is 3.41. The molecule has 0 unspecified atom stereocenters. The predicted molar refractivity (Wildman–Crippen MR) is 97.2 cm³/mol. The van der Waals surface area contributed by atoms with E-state index in [2.05, 4.69) is 21.2 Å². The number of ether oxygens (including phenoxy) is 1. The van der Waals surface area contributed by atoms with E-state index in [1.807, 2.05) is 67.6 Å². The first-order valence-corrected chi connectivity index (χ1v) is 8.20. The number of fused-ring (bicyclic) bond motifs is 1. The first-order valence-electron chi connectivity index (χ1n) is 7.40. The van der Waals surface area contributed by atoms with Crippen LogP contribution in [0.25, 0.3) is 10.8 Å². The molecule has 0 aliphatic heterocycles. The van der Waals surface area contributed by atoms with E-state index >= 15 is 0 Å². The number of benzene rings is 3. The van der Waals surface area contributed by atoms with Crippen molar-refractivity contribution in [3.05, 3.63) is 70.7 Å². The summed E-state index contributed by atoms with van der Waals surface area (Å²) < 4.78 is 6.57. The lowest BCUT2D eigenvalue weighted by atomic mass is 10.0. The molecule has 0 fully saturated rings. The maximum atomic E-state index is 12.8. The molecule has 3 nitrogen and oxygen atoms in total. The average molecular weight is 370 g/mol. The van der Waals surface area contributed by atoms with Crippen LogP contribution in [0.2, 0.25) is 0 Å². The topological polar surface area (TPSA) is 38.3 Å². The van der Waals surface area contributed by atoms with Gasteiger partial charge in [0.15, 0.2) is 0 Å². The van der Waals surface area contributed by atoms with Crippen molar-refractivity contribution in [1.29, 1.82) is 0 Å². The van der Waals surface area contributed by atoms with E-state index in [1.165, 1.54) is 0 Å². The summed E-state index contributed by atoms with van der Waals surface area (Å²) in [5, 5.41) is 4.83. The summed E-state index contributed by atoms with van der Waals surface area (Å²) in [4.78, 5) is 12.8. The van der Waals surface area contributed by atoms with Gasteiger partial charge in [-0.05, 0) is 42.0 Å². The zero-order valence-electron chi connectivity index (χ0n) is 12.7. The Labute approximate surface area is 143 Å². The third kappa shape index (κ3) is 3.37. The van der Waals surface area contributed by atoms with Gasteiger partial charge in [0, 0.05) is 10.2 Å². The van der Waals surface area contributed by atoms with Crippen LogP contribution in [0, 0.1) is 0 Å². The minimum Gasteiger partial charge on any atom is -0.493 e. The lowest BCUT2D eigenvalue weighted by Crippen LogP contribution is -2.14. The van der Waals surface area contributed by atoms with Crippen LogP contribution in [0.4, 0.5) is 5.69 Å². The van der Waals surface area contributed by atoms with E-state index in [0.29, 0.717) is 17.9 Å². The van der Waals surface area contributed by atoms with Gasteiger partial charge >= 0.3 is 0 Å². The molecule has 0 spiro atoms. The Hall–Kier alpha value is -2.33. The van der Waals surface area contributed by atoms with Gasteiger partial charge in [0.05, 0.1) is 12.2 Å². The van der Waals surface area contributed by atoms with Crippen molar-refractivity contribution < 1.29 is 9.53 Å². The molecule has 3 aromatic carbocycles. The number of nitrogens with one attached hydrogen (secondary N) is 1. The van der Waals surface area contributed by atoms with Gasteiger partial charge in [-0.2, -0.15) is 0 Å². The van der Waals surface area contributed by atoms with Crippen molar-refractivity contribution in [3.8, 4) is 5.75 Å². The molecule has 23 heavy (non-hydrogen) atoms. The second-order valence-electron chi connectivity index (χ2n) is 5.06. The van der Waals surface area contributed by atoms with Gasteiger partial charge in [-0.15, -0.1) is 0 Å². The molecule has 4 heteroatoms. The van der Waals surface area contributed by atoms with Gasteiger partial charge in [-0.25, -0.2) is 0 Å². The highest BCUT2D eigenvalue weighted by Crippen LogP contribution is 2.29. The molecule has 3 aromatic rings. The SMILES string of the molecule is CCOc1ccc2ccccc2c1C(=O)Nc1cccc(Br)c1. The molecule has 0 aromatic heterocycles. The first kappa shape index (κ1) is 15.6. The summed E-state index contributed by atoms with van der Waals surface area (Å²) in [5.41, 5.74) is 1.30. The van der Waals surface area contributed by atoms with E-state index < -0.39 is 0 Å². The van der Waals surface area contributed by atoms with Crippen LogP contribution in [0.3, 0.4) is 0 Å². The van der Waals surface area contributed by atoms with Crippen LogP contribution in [0.5, 0.6) is 5.75 Å². The van der Waals surface area contributed by atoms with Crippen molar-refractivity contribution in [2.45, 2.75) is 6.92 Å². The van der Waals surface area contributed by atoms with Gasteiger partial charge in [0.1, 0.15) is 5.75 Å². The Balaban J connectivity index is 2.05. The highest BCUT2D eigenvalue weighted by molar-refractivity contribution is 9.10. The average Bonchev–Trinajstić information content (AvgIpc) is 2.54. The number of carbonyl (C=O) groups excluding carboxylic acids is 1. The van der Waals surface area contributed by atoms with E-state index in [4.69, 9.17) is 4.74 Å². The van der Waals surface area contributed by atoms with Crippen molar-refractivity contribution >= 4 is 38.3 Å². The number of carbonyl (C=O) groups is 1. The van der Waals surface area contributed by atoms with Crippen molar-refractivity contribution in [2.75, 3.05) is 11.9 Å². The molecule has 3 rings (SSSR count). The Kier molecular flexibility index (Phi) is 4.63. The van der Waals surface area contributed by atoms with Crippen LogP contribution in [-0.2, 0) is 0 Å². The van der Waals surface area contributed by atoms with Crippen LogP contribution in [0.1, 0.15) is 17.3 Å². The minimum atomic E-state index is -0.177. The molecule has 0 saturated carbocycles. The van der Waals surface area contributed by atoms with Crippen LogP contribution < -0.4 is 10.1 Å². The molecule has 0 atom stereocenters. The fourth-order valence-electron chi connectivity index (χ4n) is 2.52. The summed E-state index contributed by atoms with van der Waals surface area (Å²) in [5.74, 6) is 0.419. The molecule has 0 aliphatic rings. The third-order valence-electron chi connectivity index (χ3n) is 3.50. The molecular formula is C19H16BrNO2. The number of amides is 1. The van der Waals surface area contributed by atoms with Gasteiger partial charge in [0.2, 0.25) is 0 Å². The van der Waals surface area contributed by atoms with E-state index in [1.54, 1.807) is 0 Å². The van der Waals surface area contributed by atoms with Crippen LogP contribution in [-0.4, -0.2) is 12.5 Å². The zero-order chi connectivity index (χ0) is 16.2. The molecule has 0 aliphatic carbocycles. The molecule has 0 radical (unpaired) electrons. The van der Waals surface area contributed by atoms with Crippen molar-refractivity contribution in [1.82, 2.24) is 0 Å². The number of hydrogen-bond donors (Lipinski definition) is 1. The summed E-state index contributed by atoms with van der Waals surface area (Å²) in [6.45, 7) is 2.42. The second kappa shape index (κ2) is 6.84. The number of hydrogen-bond acceptors (Lipinski definition) is 2. The highest BCUT2D eigenvalue weighted by Gasteiger charge is 2.16. The Morgan fingerprint density at radius 1 is 1.09 bits per heavy atom. The quantitative estimate of drug-likeness (QED) is 0.681. The monoisotopic (exact) mass is 369 g/mol. The van der Waals surface area contributed by atoms with Gasteiger partial charge in [-0.1, -0.05) is 52.3 Å². The fraction of sp³-hybridized carbons (Fsp3) is 0.105. The molecule has 1 amide bonds. The molecule has 0 bridgehead atoms. The van der Waals surface area contributed by atoms with E-state index in [9.17, 15) is 4.79 Å². The van der Waals surface area contributed by atoms with E-state index in [0.717, 1.165) is 20.9 Å². The lowest BCUT2D eigenvalue weighted by molar-refractivity contribution is 0.102. The molecular weight excluding hydrogens is 354 g/mol. The molecule has 1 N–H and O–H groups in total. The van der Waals surface area contributed by atoms with Crippen molar-refractivity contribution in [3.63, 3.8) is 0 Å². The molecule has 0 heterocycles. The summed E-state index contributed by atoms with van der Waals surface area (Å²) in [6.07, 6.45) is 0. The maximum absolute atomic E-state index is 12.8. The normalized spacial score (nSPS) is 10.5. The third-order valence-corrected chi connectivity index (χ3v) is 3.99. The summed E-state index contributed by atoms with van der Waals surface area (Å²) in [6, 6.07) is 19.1. The van der Waals surface area contributed by atoms with Crippen molar-refractivity contribution in [2.24, 2.45) is 0 Å².